The van der Waals surface area contributed by atoms with Crippen LogP contribution in [0, 0.1) is 17.8 Å². The molecule has 1 N–H and O–H groups in total. The lowest BCUT2D eigenvalue weighted by atomic mass is 9.86. The lowest BCUT2D eigenvalue weighted by Crippen LogP contribution is -2.46. The van der Waals surface area contributed by atoms with Crippen molar-refractivity contribution >= 4 is 16.9 Å². The van der Waals surface area contributed by atoms with Gasteiger partial charge < -0.3 is 5.32 Å². The molecule has 16 heavy (non-hydrogen) atoms. The number of nitrogens with zero attached hydrogens (tertiary/aromatic N) is 1. The molecular formula is C13H22N2S. The van der Waals surface area contributed by atoms with Crippen molar-refractivity contribution in [3.05, 3.63) is 0 Å². The Balaban J connectivity index is 1.53. The molecule has 0 aromatic carbocycles. The van der Waals surface area contributed by atoms with E-state index in [0.29, 0.717) is 0 Å². The minimum Gasteiger partial charge on any atom is -0.362 e. The maximum Gasteiger partial charge on any atom is 0.156 e. The topological polar surface area (TPSA) is 24.4 Å². The Kier molecular flexibility index (Phi) is 3.14. The van der Waals surface area contributed by atoms with Crippen LogP contribution >= 0.6 is 11.8 Å². The van der Waals surface area contributed by atoms with Gasteiger partial charge in [0.2, 0.25) is 0 Å². The molecule has 0 spiro atoms. The molecule has 1 saturated heterocycles. The van der Waals surface area contributed by atoms with Gasteiger partial charge in [0.15, 0.2) is 5.17 Å². The quantitative estimate of drug-likeness (QED) is 0.800. The summed E-state index contributed by atoms with van der Waals surface area (Å²) in [5, 5.41) is 4.90. The molecule has 3 rings (SSSR count). The van der Waals surface area contributed by atoms with Gasteiger partial charge in [-0.2, -0.15) is 0 Å². The number of thioether (sulfide) groups is 1. The fourth-order valence-corrected chi connectivity index (χ4v) is 4.10. The molecule has 2 saturated carbocycles. The summed E-state index contributed by atoms with van der Waals surface area (Å²) in [5.41, 5.74) is 0. The first-order valence-electron chi connectivity index (χ1n) is 6.76. The highest BCUT2D eigenvalue weighted by Crippen LogP contribution is 2.38. The zero-order chi connectivity index (χ0) is 11.0. The third kappa shape index (κ3) is 2.39. The number of aliphatic imine (C=N–C) groups is 1. The highest BCUT2D eigenvalue weighted by molar-refractivity contribution is 8.13. The van der Waals surface area contributed by atoms with Gasteiger partial charge in [-0.3, -0.25) is 4.99 Å². The zero-order valence-electron chi connectivity index (χ0n) is 10.1. The third-order valence-corrected chi connectivity index (χ3v) is 5.51. The van der Waals surface area contributed by atoms with Crippen molar-refractivity contribution in [2.24, 2.45) is 22.7 Å². The molecule has 4 atom stereocenters. The first-order chi connectivity index (χ1) is 7.83. The van der Waals surface area contributed by atoms with E-state index in [1.807, 2.05) is 11.8 Å². The Hall–Kier alpha value is -0.180. The standard InChI is InChI=1S/C13H22N2S/c1-9-6-11(9)7-14-13-15-12-5-3-2-4-10(12)8-16-13/h9-12H,2-8H2,1H3,(H,14,15). The molecular weight excluding hydrogens is 216 g/mol. The van der Waals surface area contributed by atoms with Crippen LogP contribution in [0.3, 0.4) is 0 Å². The molecule has 3 fully saturated rings. The molecule has 90 valence electrons. The zero-order valence-corrected chi connectivity index (χ0v) is 10.9. The van der Waals surface area contributed by atoms with Crippen molar-refractivity contribution in [1.29, 1.82) is 0 Å². The van der Waals surface area contributed by atoms with Gasteiger partial charge >= 0.3 is 0 Å². The summed E-state index contributed by atoms with van der Waals surface area (Å²) in [6, 6.07) is 0.741. The molecule has 4 unspecified atom stereocenters. The second-order valence-electron chi connectivity index (χ2n) is 5.73. The van der Waals surface area contributed by atoms with Crippen molar-refractivity contribution in [1.82, 2.24) is 5.32 Å². The van der Waals surface area contributed by atoms with Crippen LogP contribution in [0.1, 0.15) is 39.0 Å². The van der Waals surface area contributed by atoms with Crippen LogP contribution in [0.2, 0.25) is 0 Å². The van der Waals surface area contributed by atoms with Crippen molar-refractivity contribution in [2.45, 2.75) is 45.1 Å². The first-order valence-corrected chi connectivity index (χ1v) is 7.75. The van der Waals surface area contributed by atoms with E-state index in [1.165, 1.54) is 43.0 Å². The minimum absolute atomic E-state index is 0.741. The van der Waals surface area contributed by atoms with Crippen LogP contribution in [0.25, 0.3) is 0 Å². The predicted octanol–water partition coefficient (Wildman–Crippen LogP) is 2.89. The molecule has 0 aromatic rings. The van der Waals surface area contributed by atoms with E-state index in [2.05, 4.69) is 12.2 Å². The van der Waals surface area contributed by atoms with Crippen molar-refractivity contribution in [2.75, 3.05) is 12.3 Å². The minimum atomic E-state index is 0.741. The number of amidine groups is 1. The Bertz CT molecular complexity index is 290. The second-order valence-corrected chi connectivity index (χ2v) is 6.73. The summed E-state index contributed by atoms with van der Waals surface area (Å²) in [7, 11) is 0. The Morgan fingerprint density at radius 3 is 3.00 bits per heavy atom. The summed E-state index contributed by atoms with van der Waals surface area (Å²) < 4.78 is 0. The molecule has 0 radical (unpaired) electrons. The van der Waals surface area contributed by atoms with Crippen molar-refractivity contribution in [3.8, 4) is 0 Å². The maximum absolute atomic E-state index is 4.76. The molecule has 0 aromatic heterocycles. The Labute approximate surface area is 103 Å². The van der Waals surface area contributed by atoms with E-state index in [0.717, 1.165) is 30.3 Å². The lowest BCUT2D eigenvalue weighted by molar-refractivity contribution is 0.311. The maximum atomic E-state index is 4.76. The highest BCUT2D eigenvalue weighted by Gasteiger charge is 2.33. The smallest absolute Gasteiger partial charge is 0.156 e. The van der Waals surface area contributed by atoms with Gasteiger partial charge in [0.1, 0.15) is 0 Å². The first kappa shape index (κ1) is 10.9. The summed E-state index contributed by atoms with van der Waals surface area (Å²) in [6.07, 6.45) is 7.04. The lowest BCUT2D eigenvalue weighted by Gasteiger charge is -2.36. The van der Waals surface area contributed by atoms with E-state index in [9.17, 15) is 0 Å². The molecule has 1 heterocycles. The summed E-state index contributed by atoms with van der Waals surface area (Å²) in [6.45, 7) is 3.40. The summed E-state index contributed by atoms with van der Waals surface area (Å²) >= 11 is 1.96. The van der Waals surface area contributed by atoms with Crippen LogP contribution in [-0.2, 0) is 0 Å². The highest BCUT2D eigenvalue weighted by atomic mass is 32.2. The van der Waals surface area contributed by atoms with Gasteiger partial charge in [-0.1, -0.05) is 31.5 Å². The number of nitrogens with one attached hydrogen (secondary N) is 1. The van der Waals surface area contributed by atoms with Gasteiger partial charge in [0, 0.05) is 18.3 Å². The van der Waals surface area contributed by atoms with Crippen molar-refractivity contribution in [3.63, 3.8) is 0 Å². The van der Waals surface area contributed by atoms with Gasteiger partial charge in [-0.05, 0) is 37.0 Å². The fraction of sp³-hybridized carbons (Fsp3) is 0.923. The molecule has 0 amide bonds. The Morgan fingerprint density at radius 1 is 1.38 bits per heavy atom. The average molecular weight is 238 g/mol. The number of fused-ring (bicyclic) bond motifs is 1. The Morgan fingerprint density at radius 2 is 2.19 bits per heavy atom. The van der Waals surface area contributed by atoms with Gasteiger partial charge in [0.05, 0.1) is 0 Å². The van der Waals surface area contributed by atoms with Crippen LogP contribution in [0.15, 0.2) is 4.99 Å². The number of rotatable bonds is 2. The van der Waals surface area contributed by atoms with Crippen LogP contribution in [0.4, 0.5) is 0 Å². The molecule has 3 aliphatic rings. The molecule has 2 nitrogen and oxygen atoms in total. The van der Waals surface area contributed by atoms with E-state index in [4.69, 9.17) is 4.99 Å². The predicted molar refractivity (Wildman–Crippen MR) is 70.9 cm³/mol. The van der Waals surface area contributed by atoms with E-state index in [1.54, 1.807) is 0 Å². The van der Waals surface area contributed by atoms with Crippen LogP contribution in [-0.4, -0.2) is 23.5 Å². The normalized spacial score (nSPS) is 44.9. The largest absolute Gasteiger partial charge is 0.362 e. The molecule has 2 aliphatic carbocycles. The van der Waals surface area contributed by atoms with E-state index in [-0.39, 0.29) is 0 Å². The van der Waals surface area contributed by atoms with Crippen molar-refractivity contribution < 1.29 is 0 Å². The number of hydrogen-bond acceptors (Lipinski definition) is 2. The van der Waals surface area contributed by atoms with Gasteiger partial charge in [-0.25, -0.2) is 0 Å². The number of hydrogen-bond donors (Lipinski definition) is 1. The average Bonchev–Trinajstić information content (AvgIpc) is 3.03. The van der Waals surface area contributed by atoms with E-state index < -0.39 is 0 Å². The monoisotopic (exact) mass is 238 g/mol. The third-order valence-electron chi connectivity index (χ3n) is 4.40. The molecule has 1 aliphatic heterocycles. The summed E-state index contributed by atoms with van der Waals surface area (Å²) in [4.78, 5) is 4.76. The van der Waals surface area contributed by atoms with Crippen LogP contribution < -0.4 is 5.32 Å². The van der Waals surface area contributed by atoms with Crippen LogP contribution in [0.5, 0.6) is 0 Å². The summed E-state index contributed by atoms with van der Waals surface area (Å²) in [5.74, 6) is 4.04. The second kappa shape index (κ2) is 4.59. The molecule has 0 bridgehead atoms. The fourth-order valence-electron chi connectivity index (χ4n) is 2.93. The molecule has 3 heteroatoms. The van der Waals surface area contributed by atoms with Gasteiger partial charge in [0.25, 0.3) is 0 Å². The van der Waals surface area contributed by atoms with E-state index >= 15 is 0 Å². The van der Waals surface area contributed by atoms with Gasteiger partial charge in [-0.15, -0.1) is 0 Å². The SMILES string of the molecule is CC1CC1CN=C1NC2CCCCC2CS1.